The summed E-state index contributed by atoms with van der Waals surface area (Å²) in [5, 5.41) is 6.45. The summed E-state index contributed by atoms with van der Waals surface area (Å²) in [6, 6.07) is 10.3. The zero-order valence-electron chi connectivity index (χ0n) is 11.0. The van der Waals surface area contributed by atoms with Gasteiger partial charge in [-0.05, 0) is 41.6 Å². The SMILES string of the molecule is Cc1ccsc1CNCCSCc1ccc(Cl)cc1. The van der Waals surface area contributed by atoms with Crippen LogP contribution in [-0.4, -0.2) is 12.3 Å². The minimum absolute atomic E-state index is 0.807. The third-order valence-corrected chi connectivity index (χ3v) is 5.16. The molecule has 0 aliphatic rings. The fourth-order valence-electron chi connectivity index (χ4n) is 1.70. The van der Waals surface area contributed by atoms with Gasteiger partial charge in [0.25, 0.3) is 0 Å². The maximum atomic E-state index is 5.86. The van der Waals surface area contributed by atoms with E-state index >= 15 is 0 Å². The van der Waals surface area contributed by atoms with Gasteiger partial charge in [0.05, 0.1) is 0 Å². The van der Waals surface area contributed by atoms with Gasteiger partial charge in [0, 0.05) is 34.5 Å². The topological polar surface area (TPSA) is 12.0 Å². The monoisotopic (exact) mass is 311 g/mol. The van der Waals surface area contributed by atoms with E-state index in [4.69, 9.17) is 11.6 Å². The molecule has 2 aromatic rings. The molecule has 1 aromatic heterocycles. The highest BCUT2D eigenvalue weighted by molar-refractivity contribution is 7.98. The summed E-state index contributed by atoms with van der Waals surface area (Å²) < 4.78 is 0. The second-order valence-electron chi connectivity index (χ2n) is 4.38. The second kappa shape index (κ2) is 7.95. The maximum absolute atomic E-state index is 5.86. The molecule has 0 atom stereocenters. The lowest BCUT2D eigenvalue weighted by atomic mass is 10.2. The molecule has 1 aromatic carbocycles. The number of halogens is 1. The Morgan fingerprint density at radius 1 is 1.21 bits per heavy atom. The predicted octanol–water partition coefficient (Wildman–Crippen LogP) is 4.73. The Hall–Kier alpha value is -0.480. The van der Waals surface area contributed by atoms with Crippen LogP contribution in [0.25, 0.3) is 0 Å². The van der Waals surface area contributed by atoms with Crippen molar-refractivity contribution in [2.45, 2.75) is 19.2 Å². The number of hydrogen-bond acceptors (Lipinski definition) is 3. The lowest BCUT2D eigenvalue weighted by molar-refractivity contribution is 0.738. The van der Waals surface area contributed by atoms with Crippen molar-refractivity contribution in [1.29, 1.82) is 0 Å². The molecular weight excluding hydrogens is 294 g/mol. The van der Waals surface area contributed by atoms with Crippen molar-refractivity contribution in [1.82, 2.24) is 5.32 Å². The van der Waals surface area contributed by atoms with E-state index in [-0.39, 0.29) is 0 Å². The lowest BCUT2D eigenvalue weighted by Gasteiger charge is -2.05. The molecule has 0 amide bonds. The third-order valence-electron chi connectivity index (χ3n) is 2.86. The lowest BCUT2D eigenvalue weighted by Crippen LogP contribution is -2.16. The van der Waals surface area contributed by atoms with Crippen molar-refractivity contribution < 1.29 is 0 Å². The van der Waals surface area contributed by atoms with E-state index in [0.717, 1.165) is 29.6 Å². The average Bonchev–Trinajstić information content (AvgIpc) is 2.81. The van der Waals surface area contributed by atoms with Gasteiger partial charge in [-0.15, -0.1) is 11.3 Å². The fourth-order valence-corrected chi connectivity index (χ4v) is 3.57. The molecule has 1 N–H and O–H groups in total. The van der Waals surface area contributed by atoms with Gasteiger partial charge in [0.2, 0.25) is 0 Å². The van der Waals surface area contributed by atoms with Crippen molar-refractivity contribution >= 4 is 34.7 Å². The zero-order valence-corrected chi connectivity index (χ0v) is 13.4. The van der Waals surface area contributed by atoms with Crippen LogP contribution in [-0.2, 0) is 12.3 Å². The average molecular weight is 312 g/mol. The minimum atomic E-state index is 0.807. The van der Waals surface area contributed by atoms with E-state index in [1.807, 2.05) is 35.2 Å². The van der Waals surface area contributed by atoms with Crippen LogP contribution in [0, 0.1) is 6.92 Å². The van der Waals surface area contributed by atoms with Crippen LogP contribution in [0.4, 0.5) is 0 Å². The maximum Gasteiger partial charge on any atom is 0.0406 e. The summed E-state index contributed by atoms with van der Waals surface area (Å²) in [5.74, 6) is 2.18. The molecule has 0 bridgehead atoms. The van der Waals surface area contributed by atoms with Crippen molar-refractivity contribution in [3.63, 3.8) is 0 Å². The molecule has 0 aliphatic heterocycles. The fraction of sp³-hybridized carbons (Fsp3) is 0.333. The summed E-state index contributed by atoms with van der Waals surface area (Å²) in [5.41, 5.74) is 2.73. The molecule has 0 saturated carbocycles. The van der Waals surface area contributed by atoms with Crippen LogP contribution in [0.2, 0.25) is 5.02 Å². The van der Waals surface area contributed by atoms with Gasteiger partial charge in [-0.1, -0.05) is 23.7 Å². The molecule has 0 radical (unpaired) electrons. The number of nitrogens with one attached hydrogen (secondary N) is 1. The van der Waals surface area contributed by atoms with Crippen molar-refractivity contribution in [2.24, 2.45) is 0 Å². The molecular formula is C15H18ClNS2. The van der Waals surface area contributed by atoms with Crippen molar-refractivity contribution in [3.05, 3.63) is 56.7 Å². The van der Waals surface area contributed by atoms with Crippen molar-refractivity contribution in [3.8, 4) is 0 Å². The largest absolute Gasteiger partial charge is 0.311 e. The van der Waals surface area contributed by atoms with E-state index in [1.54, 1.807) is 0 Å². The normalized spacial score (nSPS) is 10.8. The highest BCUT2D eigenvalue weighted by Gasteiger charge is 1.99. The Morgan fingerprint density at radius 2 is 2.00 bits per heavy atom. The zero-order chi connectivity index (χ0) is 13.5. The van der Waals surface area contributed by atoms with Crippen LogP contribution >= 0.6 is 34.7 Å². The number of thioether (sulfide) groups is 1. The third kappa shape index (κ3) is 5.19. The summed E-state index contributed by atoms with van der Waals surface area (Å²) in [6.07, 6.45) is 0. The van der Waals surface area contributed by atoms with E-state index in [0.29, 0.717) is 0 Å². The van der Waals surface area contributed by atoms with Crippen LogP contribution in [0.3, 0.4) is 0 Å². The highest BCUT2D eigenvalue weighted by atomic mass is 35.5. The highest BCUT2D eigenvalue weighted by Crippen LogP contribution is 2.16. The van der Waals surface area contributed by atoms with Crippen LogP contribution in [0.5, 0.6) is 0 Å². The number of thiophene rings is 1. The predicted molar refractivity (Wildman–Crippen MR) is 88.4 cm³/mol. The standard InChI is InChI=1S/C15H18ClNS2/c1-12-6-8-19-15(12)10-17-7-9-18-11-13-2-4-14(16)5-3-13/h2-6,8,17H,7,9-11H2,1H3. The Kier molecular flexibility index (Phi) is 6.24. The molecule has 0 saturated heterocycles. The molecule has 0 spiro atoms. The van der Waals surface area contributed by atoms with Crippen LogP contribution < -0.4 is 5.32 Å². The number of hydrogen-bond donors (Lipinski definition) is 1. The van der Waals surface area contributed by atoms with Gasteiger partial charge in [-0.3, -0.25) is 0 Å². The van der Waals surface area contributed by atoms with Gasteiger partial charge >= 0.3 is 0 Å². The molecule has 19 heavy (non-hydrogen) atoms. The Morgan fingerprint density at radius 3 is 2.68 bits per heavy atom. The molecule has 1 nitrogen and oxygen atoms in total. The minimum Gasteiger partial charge on any atom is -0.311 e. The molecule has 4 heteroatoms. The van der Waals surface area contributed by atoms with Crippen LogP contribution in [0.15, 0.2) is 35.7 Å². The van der Waals surface area contributed by atoms with Gasteiger partial charge < -0.3 is 5.32 Å². The Bertz CT molecular complexity index is 493. The molecule has 0 unspecified atom stereocenters. The van der Waals surface area contributed by atoms with E-state index in [2.05, 4.69) is 35.8 Å². The van der Waals surface area contributed by atoms with E-state index < -0.39 is 0 Å². The van der Waals surface area contributed by atoms with Crippen molar-refractivity contribution in [2.75, 3.05) is 12.3 Å². The van der Waals surface area contributed by atoms with Crippen LogP contribution in [0.1, 0.15) is 16.0 Å². The smallest absolute Gasteiger partial charge is 0.0406 e. The molecule has 2 rings (SSSR count). The second-order valence-corrected chi connectivity index (χ2v) is 6.92. The first-order chi connectivity index (χ1) is 9.25. The molecule has 102 valence electrons. The number of aryl methyl sites for hydroxylation is 1. The first-order valence-electron chi connectivity index (χ1n) is 6.31. The quantitative estimate of drug-likeness (QED) is 0.742. The Balaban J connectivity index is 1.57. The van der Waals surface area contributed by atoms with Gasteiger partial charge in [0.15, 0.2) is 0 Å². The van der Waals surface area contributed by atoms with Gasteiger partial charge in [-0.2, -0.15) is 11.8 Å². The number of benzene rings is 1. The van der Waals surface area contributed by atoms with E-state index in [1.165, 1.54) is 16.0 Å². The summed E-state index contributed by atoms with van der Waals surface area (Å²) >= 11 is 9.64. The first kappa shape index (κ1) is 14.9. The summed E-state index contributed by atoms with van der Waals surface area (Å²) in [7, 11) is 0. The summed E-state index contributed by atoms with van der Waals surface area (Å²) in [6.45, 7) is 4.21. The first-order valence-corrected chi connectivity index (χ1v) is 8.73. The number of rotatable bonds is 7. The molecule has 1 heterocycles. The molecule has 0 aliphatic carbocycles. The molecule has 0 fully saturated rings. The van der Waals surface area contributed by atoms with Gasteiger partial charge in [-0.25, -0.2) is 0 Å². The Labute approximate surface area is 128 Å². The summed E-state index contributed by atoms with van der Waals surface area (Å²) in [4.78, 5) is 1.45. The van der Waals surface area contributed by atoms with E-state index in [9.17, 15) is 0 Å². The van der Waals surface area contributed by atoms with Gasteiger partial charge in [0.1, 0.15) is 0 Å².